The van der Waals surface area contributed by atoms with Crippen LogP contribution in [0, 0.1) is 5.41 Å². The summed E-state index contributed by atoms with van der Waals surface area (Å²) in [5.41, 5.74) is 4.63. The Bertz CT molecular complexity index is 206. The van der Waals surface area contributed by atoms with Crippen LogP contribution in [0.25, 0.3) is 0 Å². The maximum atomic E-state index is 11.5. The van der Waals surface area contributed by atoms with Gasteiger partial charge in [0.2, 0.25) is 5.91 Å². The van der Waals surface area contributed by atoms with E-state index in [0.29, 0.717) is 0 Å². The summed E-state index contributed by atoms with van der Waals surface area (Å²) >= 11 is 0. The first kappa shape index (κ1) is 12.1. The van der Waals surface area contributed by atoms with Crippen LogP contribution in [0.15, 0.2) is 0 Å². The van der Waals surface area contributed by atoms with Crippen molar-refractivity contribution in [2.45, 2.75) is 20.8 Å². The Kier molecular flexibility index (Phi) is 4.07. The third-order valence-corrected chi connectivity index (χ3v) is 1.68. The summed E-state index contributed by atoms with van der Waals surface area (Å²) in [7, 11) is 1.70. The van der Waals surface area contributed by atoms with Crippen molar-refractivity contribution in [1.29, 1.82) is 0 Å². The average Bonchev–Trinajstić information content (AvgIpc) is 1.82. The van der Waals surface area contributed by atoms with Gasteiger partial charge in [0.05, 0.1) is 13.1 Å². The number of primary amides is 1. The molecule has 0 spiro atoms. The number of carbonyl (C=O) groups is 2. The molecule has 2 N–H and O–H groups in total. The van der Waals surface area contributed by atoms with Crippen LogP contribution >= 0.6 is 0 Å². The number of carbonyl (C=O) groups excluding carboxylic acids is 2. The lowest BCUT2D eigenvalue weighted by atomic mass is 9.90. The third-order valence-electron chi connectivity index (χ3n) is 1.68. The first-order valence-electron chi connectivity index (χ1n) is 4.23. The molecule has 0 saturated heterocycles. The minimum Gasteiger partial charge on any atom is -0.369 e. The Morgan fingerprint density at radius 1 is 1.23 bits per heavy atom. The van der Waals surface area contributed by atoms with Crippen LogP contribution in [0.4, 0.5) is 0 Å². The van der Waals surface area contributed by atoms with Gasteiger partial charge in [-0.1, -0.05) is 20.8 Å². The summed E-state index contributed by atoms with van der Waals surface area (Å²) in [5.74, 6) is -0.305. The highest BCUT2D eigenvalue weighted by Gasteiger charge is 2.22. The van der Waals surface area contributed by atoms with Gasteiger partial charge < -0.3 is 5.73 Å². The highest BCUT2D eigenvalue weighted by Crippen LogP contribution is 2.14. The smallest absolute Gasteiger partial charge is 0.231 e. The second kappa shape index (κ2) is 4.37. The van der Waals surface area contributed by atoms with Crippen LogP contribution in [-0.2, 0) is 9.59 Å². The topological polar surface area (TPSA) is 63.4 Å². The van der Waals surface area contributed by atoms with E-state index in [1.807, 2.05) is 20.8 Å². The van der Waals surface area contributed by atoms with Crippen molar-refractivity contribution < 1.29 is 9.59 Å². The standard InChI is InChI=1S/C9H18N2O2/c1-9(2,3)7(12)5-11(4)6-8(10)13/h5-6H2,1-4H3,(H2,10,13). The van der Waals surface area contributed by atoms with E-state index >= 15 is 0 Å². The van der Waals surface area contributed by atoms with Crippen LogP contribution in [-0.4, -0.2) is 36.7 Å². The van der Waals surface area contributed by atoms with Crippen LogP contribution < -0.4 is 5.73 Å². The minimum absolute atomic E-state index is 0.108. The number of nitrogens with zero attached hydrogens (tertiary/aromatic N) is 1. The second-order valence-electron chi connectivity index (χ2n) is 4.31. The lowest BCUT2D eigenvalue weighted by Gasteiger charge is -2.21. The highest BCUT2D eigenvalue weighted by atomic mass is 16.1. The number of hydrogen-bond donors (Lipinski definition) is 1. The van der Waals surface area contributed by atoms with Gasteiger partial charge >= 0.3 is 0 Å². The van der Waals surface area contributed by atoms with Crippen molar-refractivity contribution in [3.05, 3.63) is 0 Å². The van der Waals surface area contributed by atoms with Crippen molar-refractivity contribution >= 4 is 11.7 Å². The van der Waals surface area contributed by atoms with Gasteiger partial charge in [0.25, 0.3) is 0 Å². The maximum absolute atomic E-state index is 11.5. The predicted octanol–water partition coefficient (Wildman–Crippen LogP) is 0.0187. The molecule has 0 bridgehead atoms. The number of rotatable bonds is 4. The molecule has 4 nitrogen and oxygen atoms in total. The molecule has 13 heavy (non-hydrogen) atoms. The molecule has 0 unspecified atom stereocenters. The predicted molar refractivity (Wildman–Crippen MR) is 51.2 cm³/mol. The molecule has 0 aliphatic rings. The van der Waals surface area contributed by atoms with Crippen molar-refractivity contribution in [2.24, 2.45) is 11.1 Å². The largest absolute Gasteiger partial charge is 0.369 e. The Balaban J connectivity index is 4.00. The fourth-order valence-corrected chi connectivity index (χ4v) is 0.804. The molecular formula is C9H18N2O2. The van der Waals surface area contributed by atoms with Gasteiger partial charge in [0, 0.05) is 5.41 Å². The van der Waals surface area contributed by atoms with Gasteiger partial charge in [-0.3, -0.25) is 14.5 Å². The number of Topliss-reactive ketones (excluding diaryl/α,β-unsaturated/α-hetero) is 1. The van der Waals surface area contributed by atoms with E-state index in [4.69, 9.17) is 5.73 Å². The fourth-order valence-electron chi connectivity index (χ4n) is 0.804. The lowest BCUT2D eigenvalue weighted by molar-refractivity contribution is -0.127. The van der Waals surface area contributed by atoms with Crippen LogP contribution in [0.1, 0.15) is 20.8 Å². The summed E-state index contributed by atoms with van der Waals surface area (Å²) in [6.45, 7) is 5.96. The van der Waals surface area contributed by atoms with E-state index < -0.39 is 5.91 Å². The van der Waals surface area contributed by atoms with E-state index in [2.05, 4.69) is 0 Å². The van der Waals surface area contributed by atoms with Crippen LogP contribution in [0.2, 0.25) is 0 Å². The van der Waals surface area contributed by atoms with E-state index in [1.165, 1.54) is 0 Å². The minimum atomic E-state index is -0.413. The summed E-state index contributed by atoms with van der Waals surface area (Å²) in [6, 6.07) is 0. The number of likely N-dealkylation sites (N-methyl/N-ethyl adjacent to an activating group) is 1. The normalized spacial score (nSPS) is 11.8. The van der Waals surface area contributed by atoms with Crippen molar-refractivity contribution in [3.8, 4) is 0 Å². The van der Waals surface area contributed by atoms with E-state index in [-0.39, 0.29) is 24.3 Å². The zero-order chi connectivity index (χ0) is 10.6. The molecule has 1 amide bonds. The lowest BCUT2D eigenvalue weighted by Crippen LogP contribution is -2.38. The molecule has 0 saturated carbocycles. The maximum Gasteiger partial charge on any atom is 0.231 e. The molecule has 4 heteroatoms. The van der Waals surface area contributed by atoms with Gasteiger partial charge in [-0.15, -0.1) is 0 Å². The molecule has 0 rings (SSSR count). The number of ketones is 1. The second-order valence-corrected chi connectivity index (χ2v) is 4.31. The molecule has 0 aliphatic heterocycles. The van der Waals surface area contributed by atoms with Crippen molar-refractivity contribution in [2.75, 3.05) is 20.1 Å². The summed E-state index contributed by atoms with van der Waals surface area (Å²) in [4.78, 5) is 23.6. The summed E-state index contributed by atoms with van der Waals surface area (Å²) < 4.78 is 0. The van der Waals surface area contributed by atoms with Crippen LogP contribution in [0.3, 0.4) is 0 Å². The molecule has 0 aliphatic carbocycles. The Hall–Kier alpha value is -0.900. The average molecular weight is 186 g/mol. The highest BCUT2D eigenvalue weighted by molar-refractivity contribution is 5.86. The molecular weight excluding hydrogens is 168 g/mol. The molecule has 0 fully saturated rings. The number of hydrogen-bond acceptors (Lipinski definition) is 3. The number of amides is 1. The van der Waals surface area contributed by atoms with E-state index in [9.17, 15) is 9.59 Å². The molecule has 0 atom stereocenters. The Labute approximate surface area is 79.1 Å². The van der Waals surface area contributed by atoms with Gasteiger partial charge in [-0.05, 0) is 7.05 Å². The first-order chi connectivity index (χ1) is 5.73. The molecule has 0 aromatic carbocycles. The SMILES string of the molecule is CN(CC(N)=O)CC(=O)C(C)(C)C. The van der Waals surface area contributed by atoms with Crippen LogP contribution in [0.5, 0.6) is 0 Å². The zero-order valence-electron chi connectivity index (χ0n) is 8.76. The molecule has 76 valence electrons. The number of nitrogens with two attached hydrogens (primary N) is 1. The van der Waals surface area contributed by atoms with E-state index in [0.717, 1.165) is 0 Å². The molecule has 0 heterocycles. The fraction of sp³-hybridized carbons (Fsp3) is 0.778. The van der Waals surface area contributed by atoms with Gasteiger partial charge in [-0.25, -0.2) is 0 Å². The first-order valence-corrected chi connectivity index (χ1v) is 4.23. The van der Waals surface area contributed by atoms with Crippen molar-refractivity contribution in [1.82, 2.24) is 4.90 Å². The summed E-state index contributed by atoms with van der Waals surface area (Å²) in [5, 5.41) is 0. The quantitative estimate of drug-likeness (QED) is 0.673. The molecule has 0 aromatic rings. The van der Waals surface area contributed by atoms with Crippen molar-refractivity contribution in [3.63, 3.8) is 0 Å². The van der Waals surface area contributed by atoms with Gasteiger partial charge in [0.15, 0.2) is 5.78 Å². The summed E-state index contributed by atoms with van der Waals surface area (Å²) in [6.07, 6.45) is 0. The Morgan fingerprint density at radius 2 is 1.69 bits per heavy atom. The molecule has 0 radical (unpaired) electrons. The Morgan fingerprint density at radius 3 is 2.00 bits per heavy atom. The molecule has 0 aromatic heterocycles. The van der Waals surface area contributed by atoms with Gasteiger partial charge in [0.1, 0.15) is 0 Å². The monoisotopic (exact) mass is 186 g/mol. The third kappa shape index (κ3) is 5.36. The van der Waals surface area contributed by atoms with E-state index in [1.54, 1.807) is 11.9 Å². The zero-order valence-corrected chi connectivity index (χ0v) is 8.76. The van der Waals surface area contributed by atoms with Gasteiger partial charge in [-0.2, -0.15) is 0 Å².